The molecule has 0 heterocycles. The number of benzene rings is 1. The molecule has 0 aliphatic carbocycles. The highest BCUT2D eigenvalue weighted by Gasteiger charge is 2.04. The monoisotopic (exact) mass is 254 g/mol. The molecule has 17 heavy (non-hydrogen) atoms. The van der Waals surface area contributed by atoms with Gasteiger partial charge in [0.15, 0.2) is 0 Å². The lowest BCUT2D eigenvalue weighted by molar-refractivity contribution is 0.394. The van der Waals surface area contributed by atoms with E-state index in [0.29, 0.717) is 11.8 Å². The molecule has 1 aromatic carbocycles. The van der Waals surface area contributed by atoms with Crippen molar-refractivity contribution in [2.24, 2.45) is 5.92 Å². The van der Waals surface area contributed by atoms with E-state index < -0.39 is 0 Å². The molecule has 1 rings (SSSR count). The van der Waals surface area contributed by atoms with Gasteiger partial charge in [0.05, 0.1) is 14.2 Å². The number of halogens is 1. The van der Waals surface area contributed by atoms with E-state index >= 15 is 0 Å². The van der Waals surface area contributed by atoms with Crippen molar-refractivity contribution in [3.05, 3.63) is 29.3 Å². The van der Waals surface area contributed by atoms with Crippen molar-refractivity contribution in [3.8, 4) is 11.5 Å². The predicted molar refractivity (Wildman–Crippen MR) is 73.1 cm³/mol. The zero-order chi connectivity index (χ0) is 12.8. The summed E-state index contributed by atoms with van der Waals surface area (Å²) in [6, 6.07) is 5.79. The van der Waals surface area contributed by atoms with E-state index in [1.165, 1.54) is 5.57 Å². The van der Waals surface area contributed by atoms with Crippen LogP contribution in [-0.4, -0.2) is 20.1 Å². The summed E-state index contributed by atoms with van der Waals surface area (Å²) in [5.41, 5.74) is 2.24. The summed E-state index contributed by atoms with van der Waals surface area (Å²) in [6.45, 7) is 4.26. The molecular weight excluding hydrogens is 236 g/mol. The van der Waals surface area contributed by atoms with Gasteiger partial charge in [-0.15, -0.1) is 11.6 Å². The minimum atomic E-state index is 0.435. The van der Waals surface area contributed by atoms with Crippen LogP contribution in [0.15, 0.2) is 23.8 Å². The Hall–Kier alpha value is -1.15. The largest absolute Gasteiger partial charge is 0.497 e. The molecule has 0 unspecified atom stereocenters. The average molecular weight is 255 g/mol. The van der Waals surface area contributed by atoms with E-state index in [9.17, 15) is 0 Å². The molecule has 0 aliphatic heterocycles. The second-order valence-electron chi connectivity index (χ2n) is 4.15. The van der Waals surface area contributed by atoms with E-state index in [4.69, 9.17) is 21.1 Å². The van der Waals surface area contributed by atoms with Gasteiger partial charge in [0, 0.05) is 11.9 Å². The molecule has 0 spiro atoms. The molecule has 0 saturated heterocycles. The molecule has 0 saturated carbocycles. The lowest BCUT2D eigenvalue weighted by Gasteiger charge is -2.10. The molecule has 0 aromatic heterocycles. The SMILES string of the molecule is COc1cc(C=C(CCl)C(C)C)cc(OC)c1. The Kier molecular flexibility index (Phi) is 5.36. The van der Waals surface area contributed by atoms with Crippen LogP contribution in [0.25, 0.3) is 6.08 Å². The third-order valence-electron chi connectivity index (χ3n) is 2.62. The van der Waals surface area contributed by atoms with Crippen molar-refractivity contribution >= 4 is 17.7 Å². The van der Waals surface area contributed by atoms with Gasteiger partial charge in [-0.3, -0.25) is 0 Å². The van der Waals surface area contributed by atoms with E-state index in [1.807, 2.05) is 18.2 Å². The summed E-state index contributed by atoms with van der Waals surface area (Å²) in [5, 5.41) is 0. The average Bonchev–Trinajstić information content (AvgIpc) is 2.34. The second-order valence-corrected chi connectivity index (χ2v) is 4.42. The highest BCUT2D eigenvalue weighted by molar-refractivity contribution is 6.19. The summed E-state index contributed by atoms with van der Waals surface area (Å²) >= 11 is 5.93. The van der Waals surface area contributed by atoms with Gasteiger partial charge in [-0.1, -0.05) is 25.5 Å². The summed E-state index contributed by atoms with van der Waals surface area (Å²) in [6.07, 6.45) is 2.09. The van der Waals surface area contributed by atoms with E-state index in [-0.39, 0.29) is 0 Å². The first-order valence-corrected chi connectivity index (χ1v) is 6.13. The van der Waals surface area contributed by atoms with Gasteiger partial charge in [-0.2, -0.15) is 0 Å². The van der Waals surface area contributed by atoms with Crippen molar-refractivity contribution in [2.45, 2.75) is 13.8 Å². The Bertz CT molecular complexity index is 375. The second kappa shape index (κ2) is 6.55. The number of allylic oxidation sites excluding steroid dienone is 1. The van der Waals surface area contributed by atoms with Crippen LogP contribution in [0.3, 0.4) is 0 Å². The summed E-state index contributed by atoms with van der Waals surface area (Å²) < 4.78 is 10.5. The lowest BCUT2D eigenvalue weighted by Crippen LogP contribution is -1.95. The molecular formula is C14H19ClO2. The first-order chi connectivity index (χ1) is 8.10. The maximum atomic E-state index is 5.93. The number of hydrogen-bond acceptors (Lipinski definition) is 2. The van der Waals surface area contributed by atoms with E-state index in [1.54, 1.807) is 14.2 Å². The molecule has 0 bridgehead atoms. The quantitative estimate of drug-likeness (QED) is 0.740. The Balaban J connectivity index is 3.12. The number of ether oxygens (including phenoxy) is 2. The highest BCUT2D eigenvalue weighted by Crippen LogP contribution is 2.25. The molecule has 0 atom stereocenters. The van der Waals surface area contributed by atoms with Gasteiger partial charge >= 0.3 is 0 Å². The molecule has 0 aliphatic rings. The zero-order valence-corrected chi connectivity index (χ0v) is 11.5. The van der Waals surface area contributed by atoms with Crippen molar-refractivity contribution in [2.75, 3.05) is 20.1 Å². The number of methoxy groups -OCH3 is 2. The van der Waals surface area contributed by atoms with Crippen LogP contribution in [0.2, 0.25) is 0 Å². The van der Waals surface area contributed by atoms with Gasteiger partial charge in [0.1, 0.15) is 11.5 Å². The smallest absolute Gasteiger partial charge is 0.123 e. The molecule has 94 valence electrons. The van der Waals surface area contributed by atoms with Crippen molar-refractivity contribution in [1.82, 2.24) is 0 Å². The lowest BCUT2D eigenvalue weighted by atomic mass is 10.0. The topological polar surface area (TPSA) is 18.5 Å². The van der Waals surface area contributed by atoms with Crippen LogP contribution >= 0.6 is 11.6 Å². The third kappa shape index (κ3) is 3.97. The van der Waals surface area contributed by atoms with Gasteiger partial charge in [-0.05, 0) is 23.6 Å². The van der Waals surface area contributed by atoms with Crippen LogP contribution < -0.4 is 9.47 Å². The molecule has 0 N–H and O–H groups in total. The number of hydrogen-bond donors (Lipinski definition) is 0. The fraction of sp³-hybridized carbons (Fsp3) is 0.429. The van der Waals surface area contributed by atoms with Crippen molar-refractivity contribution < 1.29 is 9.47 Å². The minimum Gasteiger partial charge on any atom is -0.497 e. The number of rotatable bonds is 5. The Morgan fingerprint density at radius 1 is 1.18 bits per heavy atom. The summed E-state index contributed by atoms with van der Waals surface area (Å²) in [5.74, 6) is 2.54. The maximum absolute atomic E-state index is 5.93. The fourth-order valence-electron chi connectivity index (χ4n) is 1.49. The van der Waals surface area contributed by atoms with Crippen LogP contribution in [0, 0.1) is 5.92 Å². The van der Waals surface area contributed by atoms with Crippen molar-refractivity contribution in [3.63, 3.8) is 0 Å². The summed E-state index contributed by atoms with van der Waals surface area (Å²) in [7, 11) is 3.29. The first-order valence-electron chi connectivity index (χ1n) is 5.60. The Morgan fingerprint density at radius 3 is 2.06 bits per heavy atom. The Labute approximate surface area is 108 Å². The van der Waals surface area contributed by atoms with Gasteiger partial charge in [0.2, 0.25) is 0 Å². The molecule has 0 amide bonds. The third-order valence-corrected chi connectivity index (χ3v) is 2.93. The first kappa shape index (κ1) is 13.9. The normalized spacial score (nSPS) is 11.8. The minimum absolute atomic E-state index is 0.435. The highest BCUT2D eigenvalue weighted by atomic mass is 35.5. The van der Waals surface area contributed by atoms with Crippen LogP contribution in [0.4, 0.5) is 0 Å². The maximum Gasteiger partial charge on any atom is 0.123 e. The van der Waals surface area contributed by atoms with Gasteiger partial charge in [0.25, 0.3) is 0 Å². The molecule has 0 fully saturated rings. The number of alkyl halides is 1. The zero-order valence-electron chi connectivity index (χ0n) is 10.8. The predicted octanol–water partition coefficient (Wildman–Crippen LogP) is 3.98. The van der Waals surface area contributed by atoms with Crippen LogP contribution in [0.1, 0.15) is 19.4 Å². The molecule has 2 nitrogen and oxygen atoms in total. The summed E-state index contributed by atoms with van der Waals surface area (Å²) in [4.78, 5) is 0. The fourth-order valence-corrected chi connectivity index (χ4v) is 1.87. The van der Waals surface area contributed by atoms with E-state index in [2.05, 4.69) is 19.9 Å². The van der Waals surface area contributed by atoms with Crippen molar-refractivity contribution in [1.29, 1.82) is 0 Å². The molecule has 0 radical (unpaired) electrons. The Morgan fingerprint density at radius 2 is 1.71 bits per heavy atom. The molecule has 3 heteroatoms. The standard InChI is InChI=1S/C14H19ClO2/c1-10(2)12(9-15)5-11-6-13(16-3)8-14(7-11)17-4/h5-8,10H,9H2,1-4H3. The molecule has 1 aromatic rings. The van der Waals surface area contributed by atoms with Gasteiger partial charge < -0.3 is 9.47 Å². The van der Waals surface area contributed by atoms with Crippen LogP contribution in [-0.2, 0) is 0 Å². The van der Waals surface area contributed by atoms with Gasteiger partial charge in [-0.25, -0.2) is 0 Å². The van der Waals surface area contributed by atoms with Crippen LogP contribution in [0.5, 0.6) is 11.5 Å². The van der Waals surface area contributed by atoms with E-state index in [0.717, 1.165) is 17.1 Å².